The van der Waals surface area contributed by atoms with Gasteiger partial charge in [0.15, 0.2) is 5.82 Å². The fourth-order valence-electron chi connectivity index (χ4n) is 3.65. The Balaban J connectivity index is 1.82. The van der Waals surface area contributed by atoms with Crippen LogP contribution in [0.15, 0.2) is 53.2 Å². The Hall–Kier alpha value is -4.22. The number of hydrogen-bond acceptors (Lipinski definition) is 8. The molecule has 2 aromatic heterocycles. The molecule has 4 aromatic rings. The first-order chi connectivity index (χ1) is 16.5. The lowest BCUT2D eigenvalue weighted by Crippen LogP contribution is -2.09. The van der Waals surface area contributed by atoms with Gasteiger partial charge in [-0.25, -0.2) is 9.97 Å². The summed E-state index contributed by atoms with van der Waals surface area (Å²) in [6.45, 7) is 4.40. The van der Waals surface area contributed by atoms with Crippen LogP contribution in [0.2, 0.25) is 5.02 Å². The molecule has 0 atom stereocenters. The largest absolute Gasteiger partial charge is 0.378 e. The number of nitrogens with zero attached hydrogens (tertiary/aromatic N) is 4. The van der Waals surface area contributed by atoms with Crippen molar-refractivity contribution >= 4 is 40.1 Å². The third kappa shape index (κ3) is 4.90. The number of nitriles is 1. The van der Waals surface area contributed by atoms with Crippen molar-refractivity contribution < 1.29 is 4.52 Å². The summed E-state index contributed by atoms with van der Waals surface area (Å²) in [5.41, 5.74) is 4.86. The van der Waals surface area contributed by atoms with Gasteiger partial charge in [0.05, 0.1) is 22.9 Å². The normalized spacial score (nSPS) is 11.3. The predicted molar refractivity (Wildman–Crippen MR) is 134 cm³/mol. The third-order valence-electron chi connectivity index (χ3n) is 5.22. The number of anilines is 1. The predicted octanol–water partition coefficient (Wildman–Crippen LogP) is 5.27. The molecule has 0 saturated carbocycles. The Kier molecular flexibility index (Phi) is 6.85. The lowest BCUT2D eigenvalue weighted by atomic mass is 10.0. The fraction of sp³-hybridized carbons (Fsp3) is 0.160. The molecule has 0 spiro atoms. The third-order valence-corrected chi connectivity index (χ3v) is 5.45. The molecule has 0 unspecified atom stereocenters. The molecule has 9 heteroatoms. The minimum Gasteiger partial charge on any atom is -0.378 e. The highest BCUT2D eigenvalue weighted by Gasteiger charge is 2.16. The van der Waals surface area contributed by atoms with Gasteiger partial charge in [0.1, 0.15) is 18.1 Å². The molecule has 0 aliphatic heterocycles. The Morgan fingerprint density at radius 2 is 2.06 bits per heavy atom. The van der Waals surface area contributed by atoms with Crippen molar-refractivity contribution in [2.45, 2.75) is 20.4 Å². The molecule has 170 valence electrons. The molecule has 34 heavy (non-hydrogen) atoms. The maximum atomic E-state index is 8.79. The number of allylic oxidation sites excluding steroid dienone is 1. The van der Waals surface area contributed by atoms with E-state index >= 15 is 0 Å². The molecule has 0 saturated heterocycles. The SMILES string of the molecule is Cc1noc(C)c1-c1ccc2nc(/C(C=N)=C/NCC#N)nc(NCc3cccc(Cl)c3)c2c1. The number of rotatable bonds is 8. The number of benzene rings is 2. The summed E-state index contributed by atoms with van der Waals surface area (Å²) in [6, 6.07) is 15.5. The lowest BCUT2D eigenvalue weighted by molar-refractivity contribution is 0.393. The maximum Gasteiger partial charge on any atom is 0.165 e. The zero-order valence-corrected chi connectivity index (χ0v) is 19.4. The highest BCUT2D eigenvalue weighted by Crippen LogP contribution is 2.32. The number of aromatic nitrogens is 3. The van der Waals surface area contributed by atoms with Crippen LogP contribution in [0.25, 0.3) is 27.6 Å². The quantitative estimate of drug-likeness (QED) is 0.181. The summed E-state index contributed by atoms with van der Waals surface area (Å²) >= 11 is 6.14. The van der Waals surface area contributed by atoms with E-state index in [1.54, 1.807) is 6.20 Å². The van der Waals surface area contributed by atoms with Crippen LogP contribution in [0.4, 0.5) is 5.82 Å². The van der Waals surface area contributed by atoms with Crippen LogP contribution in [-0.2, 0) is 6.54 Å². The number of nitrogens with one attached hydrogen (secondary N) is 3. The summed E-state index contributed by atoms with van der Waals surface area (Å²) in [7, 11) is 0. The second-order valence-electron chi connectivity index (χ2n) is 7.59. The van der Waals surface area contributed by atoms with Gasteiger partial charge in [-0.3, -0.25) is 0 Å². The summed E-state index contributed by atoms with van der Waals surface area (Å²) in [4.78, 5) is 9.39. The van der Waals surface area contributed by atoms with E-state index in [2.05, 4.69) is 20.8 Å². The smallest absolute Gasteiger partial charge is 0.165 e. The van der Waals surface area contributed by atoms with Crippen molar-refractivity contribution in [3.63, 3.8) is 0 Å². The number of fused-ring (bicyclic) bond motifs is 1. The average molecular weight is 472 g/mol. The van der Waals surface area contributed by atoms with Gasteiger partial charge in [-0.15, -0.1) is 0 Å². The molecule has 0 amide bonds. The van der Waals surface area contributed by atoms with Crippen molar-refractivity contribution in [1.82, 2.24) is 20.4 Å². The van der Waals surface area contributed by atoms with E-state index in [0.29, 0.717) is 34.3 Å². The van der Waals surface area contributed by atoms with Gasteiger partial charge in [-0.05, 0) is 49.2 Å². The van der Waals surface area contributed by atoms with Crippen LogP contribution < -0.4 is 10.6 Å². The summed E-state index contributed by atoms with van der Waals surface area (Å²) in [5, 5.41) is 28.4. The van der Waals surface area contributed by atoms with Crippen LogP contribution in [0.5, 0.6) is 0 Å². The molecule has 0 fully saturated rings. The Labute approximate surface area is 201 Å². The van der Waals surface area contributed by atoms with E-state index in [9.17, 15) is 0 Å². The average Bonchev–Trinajstić information content (AvgIpc) is 3.17. The van der Waals surface area contributed by atoms with E-state index in [4.69, 9.17) is 31.8 Å². The molecular formula is C25H22ClN7O. The van der Waals surface area contributed by atoms with Gasteiger partial charge < -0.3 is 20.6 Å². The minimum atomic E-state index is 0.117. The molecule has 0 aliphatic rings. The second-order valence-corrected chi connectivity index (χ2v) is 8.03. The zero-order valence-electron chi connectivity index (χ0n) is 18.7. The van der Waals surface area contributed by atoms with E-state index in [0.717, 1.165) is 39.7 Å². The van der Waals surface area contributed by atoms with Crippen LogP contribution in [-0.4, -0.2) is 27.9 Å². The molecule has 8 nitrogen and oxygen atoms in total. The number of hydrogen-bond donors (Lipinski definition) is 3. The first kappa shape index (κ1) is 23.0. The van der Waals surface area contributed by atoms with Crippen molar-refractivity contribution in [2.75, 3.05) is 11.9 Å². The van der Waals surface area contributed by atoms with Gasteiger partial charge in [0, 0.05) is 34.9 Å². The standard InChI is InChI=1S/C25H22ClN7O/c1-15-23(16(2)34-33-15)18-6-7-22-21(11-18)25(30-13-17-4-3-5-20(26)10-17)32-24(31-22)19(12-28)14-29-9-8-27/h3-7,10-12,14,28-29H,9,13H2,1-2H3,(H,30,31,32)/b19-14+,28-12?. The van der Waals surface area contributed by atoms with Crippen molar-refractivity contribution in [3.8, 4) is 17.2 Å². The first-order valence-corrected chi connectivity index (χ1v) is 10.9. The first-order valence-electron chi connectivity index (χ1n) is 10.5. The number of aryl methyl sites for hydroxylation is 2. The Morgan fingerprint density at radius 3 is 2.76 bits per heavy atom. The molecule has 2 aromatic carbocycles. The van der Waals surface area contributed by atoms with E-state index < -0.39 is 0 Å². The van der Waals surface area contributed by atoms with E-state index in [1.165, 1.54) is 0 Å². The molecule has 2 heterocycles. The molecule has 0 radical (unpaired) electrons. The van der Waals surface area contributed by atoms with Gasteiger partial charge >= 0.3 is 0 Å². The van der Waals surface area contributed by atoms with Gasteiger partial charge in [0.2, 0.25) is 0 Å². The van der Waals surface area contributed by atoms with Gasteiger partial charge in [-0.1, -0.05) is 35.0 Å². The number of halogens is 1. The molecule has 0 aliphatic carbocycles. The van der Waals surface area contributed by atoms with Crippen LogP contribution in [0.3, 0.4) is 0 Å². The molecular weight excluding hydrogens is 450 g/mol. The summed E-state index contributed by atoms with van der Waals surface area (Å²) < 4.78 is 5.35. The molecule has 0 bridgehead atoms. The van der Waals surface area contributed by atoms with Crippen molar-refractivity contribution in [2.24, 2.45) is 0 Å². The van der Waals surface area contributed by atoms with Gasteiger partial charge in [0.25, 0.3) is 0 Å². The van der Waals surface area contributed by atoms with Crippen LogP contribution >= 0.6 is 11.6 Å². The van der Waals surface area contributed by atoms with Crippen LogP contribution in [0, 0.1) is 30.6 Å². The van der Waals surface area contributed by atoms with E-state index in [1.807, 2.05) is 62.4 Å². The maximum absolute atomic E-state index is 8.79. The highest BCUT2D eigenvalue weighted by molar-refractivity contribution is 6.30. The van der Waals surface area contributed by atoms with E-state index in [-0.39, 0.29) is 6.54 Å². The Bertz CT molecular complexity index is 1420. The zero-order chi connectivity index (χ0) is 24.1. The highest BCUT2D eigenvalue weighted by atomic mass is 35.5. The van der Waals surface area contributed by atoms with Gasteiger partial charge in [-0.2, -0.15) is 5.26 Å². The minimum absolute atomic E-state index is 0.117. The second kappa shape index (κ2) is 10.1. The fourth-order valence-corrected chi connectivity index (χ4v) is 3.87. The van der Waals surface area contributed by atoms with Crippen LogP contribution in [0.1, 0.15) is 22.8 Å². The summed E-state index contributed by atoms with van der Waals surface area (Å²) in [6.07, 6.45) is 2.72. The monoisotopic (exact) mass is 471 g/mol. The molecule has 4 rings (SSSR count). The van der Waals surface area contributed by atoms with Crippen molar-refractivity contribution in [1.29, 1.82) is 10.7 Å². The van der Waals surface area contributed by atoms with Crippen molar-refractivity contribution in [3.05, 3.63) is 76.5 Å². The summed E-state index contributed by atoms with van der Waals surface area (Å²) in [5.74, 6) is 1.72. The Morgan fingerprint density at radius 1 is 1.21 bits per heavy atom. The lowest BCUT2D eigenvalue weighted by Gasteiger charge is -2.13. The topological polar surface area (TPSA) is 124 Å². The molecule has 3 N–H and O–H groups in total.